The van der Waals surface area contributed by atoms with Gasteiger partial charge >= 0.3 is 0 Å². The summed E-state index contributed by atoms with van der Waals surface area (Å²) in [5, 5.41) is 3.36. The van der Waals surface area contributed by atoms with Gasteiger partial charge in [-0.1, -0.05) is 0 Å². The van der Waals surface area contributed by atoms with Crippen LogP contribution in [0.5, 0.6) is 0 Å². The van der Waals surface area contributed by atoms with Crippen molar-refractivity contribution in [3.63, 3.8) is 0 Å². The lowest BCUT2D eigenvalue weighted by atomic mass is 9.86. The average molecular weight is 224 g/mol. The Bertz CT molecular complexity index is 283. The lowest BCUT2D eigenvalue weighted by molar-refractivity contribution is -0.174. The molecule has 0 unspecified atom stereocenters. The predicted octanol–water partition coefficient (Wildman–Crippen LogP) is 0.520. The summed E-state index contributed by atoms with van der Waals surface area (Å²) in [4.78, 5) is 13.9. The minimum atomic E-state index is -0.0330. The van der Waals surface area contributed by atoms with Crippen molar-refractivity contribution in [1.82, 2.24) is 10.2 Å². The van der Waals surface area contributed by atoms with Gasteiger partial charge in [0.25, 0.3) is 0 Å². The molecule has 3 aliphatic rings. The highest BCUT2D eigenvalue weighted by Gasteiger charge is 2.43. The van der Waals surface area contributed by atoms with Crippen LogP contribution < -0.4 is 5.32 Å². The van der Waals surface area contributed by atoms with Crippen LogP contribution in [0.2, 0.25) is 0 Å². The first-order chi connectivity index (χ1) is 7.79. The third kappa shape index (κ3) is 1.74. The molecule has 0 aromatic rings. The van der Waals surface area contributed by atoms with Crippen molar-refractivity contribution in [2.75, 3.05) is 26.2 Å². The molecule has 90 valence electrons. The molecular formula is C12H20N2O2. The number of rotatable bonds is 1. The zero-order valence-corrected chi connectivity index (χ0v) is 9.71. The standard InChI is InChI=1S/C12H20N2O2/c15-11-8-16-12(4-6-13-7-5-12)9-14(11)10-2-1-3-10/h10,13H,1-9H2. The van der Waals surface area contributed by atoms with Gasteiger partial charge in [0, 0.05) is 6.04 Å². The normalized spacial score (nSPS) is 30.5. The molecule has 1 aliphatic carbocycles. The van der Waals surface area contributed by atoms with Crippen LogP contribution in [0.4, 0.5) is 0 Å². The van der Waals surface area contributed by atoms with E-state index >= 15 is 0 Å². The Morgan fingerprint density at radius 3 is 2.69 bits per heavy atom. The Hall–Kier alpha value is -0.610. The van der Waals surface area contributed by atoms with E-state index in [0.29, 0.717) is 12.6 Å². The highest BCUT2D eigenvalue weighted by molar-refractivity contribution is 5.78. The second-order valence-corrected chi connectivity index (χ2v) is 5.33. The molecule has 2 heterocycles. The summed E-state index contributed by atoms with van der Waals surface area (Å²) in [6, 6.07) is 0.517. The molecular weight excluding hydrogens is 204 g/mol. The number of hydrogen-bond acceptors (Lipinski definition) is 3. The van der Waals surface area contributed by atoms with Crippen molar-refractivity contribution in [2.45, 2.75) is 43.7 Å². The molecule has 0 aromatic heterocycles. The molecule has 16 heavy (non-hydrogen) atoms. The molecule has 2 aliphatic heterocycles. The maximum absolute atomic E-state index is 11.8. The molecule has 3 rings (SSSR count). The Balaban J connectivity index is 1.70. The number of hydrogen-bond donors (Lipinski definition) is 1. The molecule has 3 fully saturated rings. The summed E-state index contributed by atoms with van der Waals surface area (Å²) in [5.41, 5.74) is -0.0330. The van der Waals surface area contributed by atoms with E-state index in [4.69, 9.17) is 4.74 Å². The van der Waals surface area contributed by atoms with E-state index in [2.05, 4.69) is 10.2 Å². The number of nitrogens with one attached hydrogen (secondary N) is 1. The van der Waals surface area contributed by atoms with Crippen LogP contribution in [0.1, 0.15) is 32.1 Å². The Morgan fingerprint density at radius 1 is 1.31 bits per heavy atom. The summed E-state index contributed by atoms with van der Waals surface area (Å²) >= 11 is 0. The van der Waals surface area contributed by atoms with E-state index in [9.17, 15) is 4.79 Å². The first kappa shape index (κ1) is 10.5. The third-order valence-corrected chi connectivity index (χ3v) is 4.31. The van der Waals surface area contributed by atoms with Gasteiger partial charge in [0.2, 0.25) is 5.91 Å². The molecule has 0 radical (unpaired) electrons. The van der Waals surface area contributed by atoms with Gasteiger partial charge in [-0.15, -0.1) is 0 Å². The van der Waals surface area contributed by atoms with Gasteiger partial charge in [-0.25, -0.2) is 0 Å². The van der Waals surface area contributed by atoms with Gasteiger partial charge in [0.1, 0.15) is 6.61 Å². The summed E-state index contributed by atoms with van der Waals surface area (Å²) in [6.45, 7) is 3.17. The third-order valence-electron chi connectivity index (χ3n) is 4.31. The molecule has 1 N–H and O–H groups in total. The molecule has 1 saturated carbocycles. The number of nitrogens with zero attached hydrogens (tertiary/aromatic N) is 1. The van der Waals surface area contributed by atoms with Crippen LogP contribution in [-0.2, 0) is 9.53 Å². The molecule has 0 atom stereocenters. The molecule has 2 saturated heterocycles. The number of carbonyl (C=O) groups excluding carboxylic acids is 1. The van der Waals surface area contributed by atoms with Gasteiger partial charge in [0.15, 0.2) is 0 Å². The number of morpholine rings is 1. The van der Waals surface area contributed by atoms with Crippen molar-refractivity contribution in [1.29, 1.82) is 0 Å². The van der Waals surface area contributed by atoms with Crippen LogP contribution in [0.25, 0.3) is 0 Å². The number of carbonyl (C=O) groups is 1. The van der Waals surface area contributed by atoms with Gasteiger partial charge in [-0.05, 0) is 45.2 Å². The minimum Gasteiger partial charge on any atom is -0.363 e. The summed E-state index contributed by atoms with van der Waals surface area (Å²) in [5.74, 6) is 0.203. The summed E-state index contributed by atoms with van der Waals surface area (Å²) in [7, 11) is 0. The van der Waals surface area contributed by atoms with E-state index in [-0.39, 0.29) is 11.5 Å². The maximum atomic E-state index is 11.8. The summed E-state index contributed by atoms with van der Waals surface area (Å²) < 4.78 is 5.84. The second kappa shape index (κ2) is 4.00. The number of ether oxygens (including phenoxy) is 1. The van der Waals surface area contributed by atoms with Crippen LogP contribution in [0.15, 0.2) is 0 Å². The zero-order chi connectivity index (χ0) is 11.0. The lowest BCUT2D eigenvalue weighted by Gasteiger charge is -2.49. The van der Waals surface area contributed by atoms with Gasteiger partial charge in [0.05, 0.1) is 12.1 Å². The fraction of sp³-hybridized carbons (Fsp3) is 0.917. The van der Waals surface area contributed by atoms with E-state index in [1.54, 1.807) is 0 Å². The predicted molar refractivity (Wildman–Crippen MR) is 60.1 cm³/mol. The van der Waals surface area contributed by atoms with Gasteiger partial charge in [-0.2, -0.15) is 0 Å². The van der Waals surface area contributed by atoms with Crippen molar-refractivity contribution < 1.29 is 9.53 Å². The molecule has 1 spiro atoms. The largest absolute Gasteiger partial charge is 0.363 e. The van der Waals surface area contributed by atoms with Crippen molar-refractivity contribution >= 4 is 5.91 Å². The van der Waals surface area contributed by atoms with E-state index in [0.717, 1.165) is 32.5 Å². The SMILES string of the molecule is O=C1COC2(CCNCC2)CN1C1CCC1. The van der Waals surface area contributed by atoms with Crippen LogP contribution in [-0.4, -0.2) is 48.7 Å². The molecule has 4 heteroatoms. The number of piperidine rings is 1. The molecule has 1 amide bonds. The topological polar surface area (TPSA) is 41.6 Å². The molecule has 4 nitrogen and oxygen atoms in total. The summed E-state index contributed by atoms with van der Waals surface area (Å²) in [6.07, 6.45) is 5.76. The Labute approximate surface area is 96.3 Å². The van der Waals surface area contributed by atoms with Crippen LogP contribution >= 0.6 is 0 Å². The highest BCUT2D eigenvalue weighted by Crippen LogP contribution is 2.33. The lowest BCUT2D eigenvalue weighted by Crippen LogP contribution is -2.61. The quantitative estimate of drug-likeness (QED) is 0.706. The Morgan fingerprint density at radius 2 is 2.06 bits per heavy atom. The monoisotopic (exact) mass is 224 g/mol. The van der Waals surface area contributed by atoms with E-state index in [1.165, 1.54) is 19.3 Å². The van der Waals surface area contributed by atoms with Crippen molar-refractivity contribution in [3.8, 4) is 0 Å². The van der Waals surface area contributed by atoms with Gasteiger partial charge in [-0.3, -0.25) is 4.79 Å². The smallest absolute Gasteiger partial charge is 0.248 e. The first-order valence-corrected chi connectivity index (χ1v) is 6.43. The van der Waals surface area contributed by atoms with Crippen molar-refractivity contribution in [3.05, 3.63) is 0 Å². The fourth-order valence-electron chi connectivity index (χ4n) is 2.96. The molecule has 0 bridgehead atoms. The average Bonchev–Trinajstić information content (AvgIpc) is 2.23. The zero-order valence-electron chi connectivity index (χ0n) is 9.71. The fourth-order valence-corrected chi connectivity index (χ4v) is 2.96. The van der Waals surface area contributed by atoms with Gasteiger partial charge < -0.3 is 15.0 Å². The molecule has 0 aromatic carbocycles. The van der Waals surface area contributed by atoms with E-state index in [1.807, 2.05) is 0 Å². The maximum Gasteiger partial charge on any atom is 0.248 e. The Kier molecular flexibility index (Phi) is 2.64. The van der Waals surface area contributed by atoms with Crippen LogP contribution in [0, 0.1) is 0 Å². The van der Waals surface area contributed by atoms with Crippen molar-refractivity contribution in [2.24, 2.45) is 0 Å². The van der Waals surface area contributed by atoms with Crippen LogP contribution in [0.3, 0.4) is 0 Å². The number of amides is 1. The van der Waals surface area contributed by atoms with E-state index < -0.39 is 0 Å². The first-order valence-electron chi connectivity index (χ1n) is 6.43. The minimum absolute atomic E-state index is 0.0330. The second-order valence-electron chi connectivity index (χ2n) is 5.33. The highest BCUT2D eigenvalue weighted by atomic mass is 16.5.